The summed E-state index contributed by atoms with van der Waals surface area (Å²) in [6.45, 7) is -0.382. The van der Waals surface area contributed by atoms with Crippen molar-refractivity contribution in [1.29, 1.82) is 0 Å². The van der Waals surface area contributed by atoms with Gasteiger partial charge in [0.25, 0.3) is 5.91 Å². The summed E-state index contributed by atoms with van der Waals surface area (Å²) in [6.07, 6.45) is 1.39. The molecule has 0 aliphatic heterocycles. The molecule has 0 aliphatic rings. The summed E-state index contributed by atoms with van der Waals surface area (Å²) in [6, 6.07) is 12.5. The van der Waals surface area contributed by atoms with E-state index in [0.29, 0.717) is 15.6 Å². The molecule has 0 radical (unpaired) electrons. The molecule has 132 valence electrons. The van der Waals surface area contributed by atoms with Gasteiger partial charge in [-0.3, -0.25) is 9.59 Å². The van der Waals surface area contributed by atoms with Crippen LogP contribution in [0.4, 0.5) is 5.00 Å². The number of carbonyl (C=O) groups is 3. The Labute approximate surface area is 157 Å². The molecule has 0 atom stereocenters. The highest BCUT2D eigenvalue weighted by atomic mass is 35.5. The van der Waals surface area contributed by atoms with E-state index in [0.717, 1.165) is 11.3 Å². The molecule has 3 aromatic rings. The first-order chi connectivity index (χ1) is 12.5. The topological polar surface area (TPSA) is 85.6 Å². The Morgan fingerprint density at radius 2 is 1.85 bits per heavy atom. The molecule has 8 heteroatoms. The minimum absolute atomic E-state index is 0.163. The van der Waals surface area contributed by atoms with Crippen LogP contribution in [0.1, 0.15) is 30.6 Å². The van der Waals surface area contributed by atoms with Crippen molar-refractivity contribution in [3.63, 3.8) is 0 Å². The van der Waals surface area contributed by atoms with E-state index in [4.69, 9.17) is 20.8 Å². The van der Waals surface area contributed by atoms with E-state index >= 15 is 0 Å². The second-order valence-corrected chi connectivity index (χ2v) is 6.62. The Hall–Kier alpha value is -2.90. The largest absolute Gasteiger partial charge is 0.459 e. The predicted molar refractivity (Wildman–Crippen MR) is 97.0 cm³/mol. The van der Waals surface area contributed by atoms with E-state index in [1.807, 2.05) is 0 Å². The third-order valence-electron chi connectivity index (χ3n) is 3.29. The summed E-state index contributed by atoms with van der Waals surface area (Å²) in [7, 11) is 0. The maximum atomic E-state index is 12.0. The molecule has 2 aromatic heterocycles. The molecule has 0 saturated carbocycles. The summed E-state index contributed by atoms with van der Waals surface area (Å²) >= 11 is 6.80. The van der Waals surface area contributed by atoms with Crippen LogP contribution in [-0.4, -0.2) is 24.3 Å². The van der Waals surface area contributed by atoms with Crippen molar-refractivity contribution in [2.75, 3.05) is 11.9 Å². The smallest absolute Gasteiger partial charge is 0.348 e. The average molecular weight is 390 g/mol. The fourth-order valence-corrected chi connectivity index (χ4v) is 2.94. The summed E-state index contributed by atoms with van der Waals surface area (Å²) in [5, 5.41) is 3.59. The van der Waals surface area contributed by atoms with Gasteiger partial charge in [0.05, 0.1) is 11.3 Å². The molecule has 0 spiro atoms. The number of halogens is 1. The summed E-state index contributed by atoms with van der Waals surface area (Å²) in [4.78, 5) is 36.2. The number of esters is 1. The molecule has 26 heavy (non-hydrogen) atoms. The van der Waals surface area contributed by atoms with Crippen molar-refractivity contribution in [3.8, 4) is 0 Å². The van der Waals surface area contributed by atoms with Gasteiger partial charge in [0.1, 0.15) is 4.88 Å². The van der Waals surface area contributed by atoms with Gasteiger partial charge in [0.2, 0.25) is 0 Å². The second kappa shape index (κ2) is 7.99. The Balaban J connectivity index is 1.55. The minimum atomic E-state index is -0.643. The van der Waals surface area contributed by atoms with Gasteiger partial charge in [-0.1, -0.05) is 11.6 Å². The summed E-state index contributed by atoms with van der Waals surface area (Å²) in [5.74, 6) is -1.24. The maximum Gasteiger partial charge on any atom is 0.348 e. The van der Waals surface area contributed by atoms with E-state index in [2.05, 4.69) is 5.32 Å². The number of ketones is 1. The van der Waals surface area contributed by atoms with Crippen molar-refractivity contribution >= 4 is 45.6 Å². The van der Waals surface area contributed by atoms with Crippen molar-refractivity contribution in [2.45, 2.75) is 0 Å². The molecule has 1 N–H and O–H groups in total. The van der Waals surface area contributed by atoms with E-state index in [9.17, 15) is 14.4 Å². The first kappa shape index (κ1) is 17.9. The van der Waals surface area contributed by atoms with Gasteiger partial charge in [0, 0.05) is 10.6 Å². The predicted octanol–water partition coefficient (Wildman–Crippen LogP) is 4.29. The van der Waals surface area contributed by atoms with Crippen LogP contribution < -0.4 is 5.32 Å². The van der Waals surface area contributed by atoms with Gasteiger partial charge in [0.15, 0.2) is 18.2 Å². The van der Waals surface area contributed by atoms with Gasteiger partial charge in [-0.2, -0.15) is 0 Å². The normalized spacial score (nSPS) is 10.3. The van der Waals surface area contributed by atoms with E-state index < -0.39 is 11.9 Å². The van der Waals surface area contributed by atoms with Crippen LogP contribution in [0.3, 0.4) is 0 Å². The van der Waals surface area contributed by atoms with Gasteiger partial charge >= 0.3 is 5.97 Å². The average Bonchev–Trinajstić information content (AvgIpc) is 3.32. The number of furan rings is 1. The molecule has 2 heterocycles. The van der Waals surface area contributed by atoms with E-state index in [1.165, 1.54) is 18.4 Å². The summed E-state index contributed by atoms with van der Waals surface area (Å²) in [5.41, 5.74) is 0.403. The number of rotatable bonds is 6. The third kappa shape index (κ3) is 4.38. The lowest BCUT2D eigenvalue weighted by molar-refractivity contribution is 0.0479. The van der Waals surface area contributed by atoms with Crippen LogP contribution in [0.25, 0.3) is 0 Å². The lowest BCUT2D eigenvalue weighted by Gasteiger charge is -2.03. The van der Waals surface area contributed by atoms with Crippen molar-refractivity contribution in [3.05, 3.63) is 76.0 Å². The molecule has 0 fully saturated rings. The van der Waals surface area contributed by atoms with Gasteiger partial charge < -0.3 is 14.5 Å². The molecule has 0 aliphatic carbocycles. The number of hydrogen-bond donors (Lipinski definition) is 1. The number of carbonyl (C=O) groups excluding carboxylic acids is 3. The lowest BCUT2D eigenvalue weighted by atomic mass is 10.1. The fraction of sp³-hybridized carbons (Fsp3) is 0.0556. The van der Waals surface area contributed by atoms with Crippen LogP contribution in [0.2, 0.25) is 5.02 Å². The number of ether oxygens (including phenoxy) is 1. The van der Waals surface area contributed by atoms with Crippen LogP contribution in [0.5, 0.6) is 0 Å². The monoisotopic (exact) mass is 389 g/mol. The van der Waals surface area contributed by atoms with Crippen LogP contribution in [0, 0.1) is 0 Å². The number of amides is 1. The van der Waals surface area contributed by atoms with Crippen molar-refractivity contribution < 1.29 is 23.5 Å². The van der Waals surface area contributed by atoms with Gasteiger partial charge in [-0.05, 0) is 48.5 Å². The van der Waals surface area contributed by atoms with Crippen LogP contribution >= 0.6 is 22.9 Å². The zero-order valence-corrected chi connectivity index (χ0v) is 14.8. The number of hydrogen-bond acceptors (Lipinski definition) is 6. The number of Topliss-reactive ketones (excluding diaryl/α,β-unsaturated/α-hetero) is 1. The Morgan fingerprint density at radius 1 is 1.08 bits per heavy atom. The zero-order valence-electron chi connectivity index (χ0n) is 13.2. The second-order valence-electron chi connectivity index (χ2n) is 5.10. The van der Waals surface area contributed by atoms with E-state index in [1.54, 1.807) is 36.4 Å². The first-order valence-electron chi connectivity index (χ1n) is 7.43. The van der Waals surface area contributed by atoms with Gasteiger partial charge in [-0.15, -0.1) is 11.3 Å². The highest BCUT2D eigenvalue weighted by Crippen LogP contribution is 2.23. The fourth-order valence-electron chi connectivity index (χ4n) is 2.02. The number of nitrogens with one attached hydrogen (secondary N) is 1. The molecule has 1 amide bonds. The van der Waals surface area contributed by atoms with Gasteiger partial charge in [-0.25, -0.2) is 4.79 Å². The first-order valence-corrected chi connectivity index (χ1v) is 8.63. The van der Waals surface area contributed by atoms with E-state index in [-0.39, 0.29) is 23.0 Å². The molecule has 1 aromatic carbocycles. The lowest BCUT2D eigenvalue weighted by Crippen LogP contribution is -2.13. The highest BCUT2D eigenvalue weighted by Gasteiger charge is 2.16. The standard InChI is InChI=1S/C18H12ClNO5S/c19-12-5-3-11(4-6-12)13(21)10-25-18(23)15-7-8-16(26-15)20-17(22)14-2-1-9-24-14/h1-9H,10H2,(H,20,22). The Morgan fingerprint density at radius 3 is 2.54 bits per heavy atom. The van der Waals surface area contributed by atoms with Crippen LogP contribution in [0.15, 0.2) is 59.2 Å². The molecule has 0 unspecified atom stereocenters. The van der Waals surface area contributed by atoms with Crippen molar-refractivity contribution in [1.82, 2.24) is 0 Å². The highest BCUT2D eigenvalue weighted by molar-refractivity contribution is 7.18. The molecular weight excluding hydrogens is 378 g/mol. The quantitative estimate of drug-likeness (QED) is 0.502. The Bertz CT molecular complexity index is 931. The Kier molecular flexibility index (Phi) is 5.50. The zero-order chi connectivity index (χ0) is 18.5. The molecule has 6 nitrogen and oxygen atoms in total. The maximum absolute atomic E-state index is 12.0. The SMILES string of the molecule is O=C(COC(=O)c1ccc(NC(=O)c2ccco2)s1)c1ccc(Cl)cc1. The number of anilines is 1. The molecule has 3 rings (SSSR count). The molecule has 0 saturated heterocycles. The molecule has 0 bridgehead atoms. The van der Waals surface area contributed by atoms with Crippen molar-refractivity contribution in [2.24, 2.45) is 0 Å². The van der Waals surface area contributed by atoms with Crippen LogP contribution in [-0.2, 0) is 4.74 Å². The third-order valence-corrected chi connectivity index (χ3v) is 4.52. The minimum Gasteiger partial charge on any atom is -0.459 e. The summed E-state index contributed by atoms with van der Waals surface area (Å²) < 4.78 is 10.0. The number of thiophene rings is 1. The number of benzene rings is 1. The molecular formula is C18H12ClNO5S.